The van der Waals surface area contributed by atoms with Crippen molar-refractivity contribution in [2.45, 2.75) is 105 Å². The fourth-order valence-corrected chi connectivity index (χ4v) is 7.48. The van der Waals surface area contributed by atoms with E-state index in [2.05, 4.69) is 108 Å². The molecule has 0 saturated heterocycles. The van der Waals surface area contributed by atoms with Crippen LogP contribution < -0.4 is 18.9 Å². The van der Waals surface area contributed by atoms with Crippen LogP contribution in [0.1, 0.15) is 122 Å². The van der Waals surface area contributed by atoms with Crippen LogP contribution in [0.2, 0.25) is 0 Å². The molecule has 0 aliphatic heterocycles. The first-order valence-electron chi connectivity index (χ1n) is 20.6. The summed E-state index contributed by atoms with van der Waals surface area (Å²) in [5.41, 5.74) is 29.1. The quantitative estimate of drug-likeness (QED) is 0.0338. The minimum atomic E-state index is 0.447. The van der Waals surface area contributed by atoms with Crippen molar-refractivity contribution in [3.8, 4) is 23.0 Å². The number of fused-ring (bicyclic) bond motifs is 8. The Labute approximate surface area is 332 Å². The van der Waals surface area contributed by atoms with Gasteiger partial charge in [-0.1, -0.05) is 98.6 Å². The molecule has 0 aromatic heterocycles. The van der Waals surface area contributed by atoms with Crippen LogP contribution in [0.15, 0.2) is 70.9 Å². The minimum Gasteiger partial charge on any atom is -0.493 e. The summed E-state index contributed by atoms with van der Waals surface area (Å²) in [6.07, 6.45) is 9.16. The number of hydrogen-bond donors (Lipinski definition) is 0. The topological polar surface area (TPSA) is 134 Å². The number of nitrogens with zero attached hydrogens (tertiary/aromatic N) is 6. The van der Waals surface area contributed by atoms with Crippen LogP contribution in [0.5, 0.6) is 23.0 Å². The van der Waals surface area contributed by atoms with Crippen LogP contribution in [0.3, 0.4) is 0 Å². The van der Waals surface area contributed by atoms with Gasteiger partial charge in [-0.2, -0.15) is 0 Å². The first kappa shape index (κ1) is 41.9. The molecule has 10 nitrogen and oxygen atoms in total. The molecule has 1 aliphatic rings. The number of hydrogen-bond acceptors (Lipinski definition) is 6. The molecule has 4 aromatic rings. The molecule has 0 fully saturated rings. The predicted octanol–water partition coefficient (Wildman–Crippen LogP) is 12.0. The zero-order valence-electron chi connectivity index (χ0n) is 33.8. The number of rotatable bonds is 20. The lowest BCUT2D eigenvalue weighted by molar-refractivity contribution is 0.304. The molecule has 0 radical (unpaired) electrons. The predicted molar refractivity (Wildman–Crippen MR) is 225 cm³/mol. The highest BCUT2D eigenvalue weighted by Crippen LogP contribution is 2.40. The van der Waals surface area contributed by atoms with Crippen LogP contribution in [0.25, 0.3) is 20.9 Å². The van der Waals surface area contributed by atoms with E-state index in [9.17, 15) is 0 Å². The Bertz CT molecular complexity index is 1770. The van der Waals surface area contributed by atoms with Gasteiger partial charge >= 0.3 is 0 Å². The standard InChI is InChI=1S/C46H58N6O4/c1-5-21-53-43-35-15-9-16-36(43)30-40-26-34(14-12-20-50-52-48)28-42(46(40)56-24-8-4)32-38-18-10-17-37(44(38)54-22-6-2)31-41-27-33(13-11-19-49-51-47)25-39(29-35)45(41)55-23-7-3/h9-10,15-18,25-28H,5-8,11-14,19-24,29-32H2,1-4H3. The Morgan fingerprint density at radius 3 is 1.02 bits per heavy atom. The molecule has 0 saturated carbocycles. The largest absolute Gasteiger partial charge is 0.493 e. The summed E-state index contributed by atoms with van der Waals surface area (Å²) in [6.45, 7) is 11.9. The molecule has 1 aliphatic carbocycles. The summed E-state index contributed by atoms with van der Waals surface area (Å²) >= 11 is 0. The van der Waals surface area contributed by atoms with Gasteiger partial charge in [-0.25, -0.2) is 0 Å². The maximum atomic E-state index is 8.94. The zero-order valence-corrected chi connectivity index (χ0v) is 33.8. The van der Waals surface area contributed by atoms with Crippen LogP contribution >= 0.6 is 0 Å². The highest BCUT2D eigenvalue weighted by molar-refractivity contribution is 5.57. The third-order valence-electron chi connectivity index (χ3n) is 9.86. The van der Waals surface area contributed by atoms with Crippen LogP contribution in [0, 0.1) is 0 Å². The molecule has 8 bridgehead atoms. The summed E-state index contributed by atoms with van der Waals surface area (Å²) in [4.78, 5) is 5.96. The Morgan fingerprint density at radius 1 is 0.464 bits per heavy atom. The molecule has 0 spiro atoms. The zero-order chi connectivity index (χ0) is 39.5. The third-order valence-corrected chi connectivity index (χ3v) is 9.86. The van der Waals surface area contributed by atoms with E-state index in [0.717, 1.165) is 119 Å². The smallest absolute Gasteiger partial charge is 0.126 e. The summed E-state index contributed by atoms with van der Waals surface area (Å²) in [6, 6.07) is 22.1. The van der Waals surface area contributed by atoms with Crippen molar-refractivity contribution >= 4 is 0 Å². The van der Waals surface area contributed by atoms with Crippen molar-refractivity contribution in [1.29, 1.82) is 0 Å². The first-order valence-corrected chi connectivity index (χ1v) is 20.6. The number of azide groups is 2. The summed E-state index contributed by atoms with van der Waals surface area (Å²) < 4.78 is 26.8. The van der Waals surface area contributed by atoms with E-state index < -0.39 is 0 Å². The van der Waals surface area contributed by atoms with Gasteiger partial charge in [-0.3, -0.25) is 0 Å². The van der Waals surface area contributed by atoms with Crippen molar-refractivity contribution in [2.24, 2.45) is 10.2 Å². The van der Waals surface area contributed by atoms with Gasteiger partial charge in [0.25, 0.3) is 0 Å². The Morgan fingerprint density at radius 2 is 0.750 bits per heavy atom. The fraction of sp³-hybridized carbons (Fsp3) is 0.478. The number of benzene rings is 4. The second-order valence-electron chi connectivity index (χ2n) is 14.5. The molecule has 0 unspecified atom stereocenters. The van der Waals surface area contributed by atoms with Crippen molar-refractivity contribution in [1.82, 2.24) is 0 Å². The highest BCUT2D eigenvalue weighted by Gasteiger charge is 2.23. The molecule has 5 rings (SSSR count). The maximum Gasteiger partial charge on any atom is 0.126 e. The second kappa shape index (κ2) is 22.3. The van der Waals surface area contributed by atoms with E-state index in [0.29, 0.717) is 65.2 Å². The molecule has 10 heteroatoms. The number of ether oxygens (including phenoxy) is 4. The lowest BCUT2D eigenvalue weighted by atomic mass is 9.89. The van der Waals surface area contributed by atoms with Gasteiger partial charge in [-0.05, 0) is 118 Å². The molecular weight excluding hydrogens is 701 g/mol. The van der Waals surface area contributed by atoms with E-state index in [1.807, 2.05) is 0 Å². The molecule has 296 valence electrons. The van der Waals surface area contributed by atoms with Gasteiger partial charge in [0.15, 0.2) is 0 Å². The molecular formula is C46H58N6O4. The van der Waals surface area contributed by atoms with Crippen molar-refractivity contribution < 1.29 is 18.9 Å². The SMILES string of the molecule is CCCOc1c2cccc1Cc1cc(CCCN=[N+]=[N-])cc(c1OCCC)Cc1cccc(c1OCCC)Cc1cc(CCCN=[N+]=[N-])cc(c1OCCC)C2. The normalized spacial score (nSPS) is 11.9. The molecule has 4 aromatic carbocycles. The average Bonchev–Trinajstić information content (AvgIpc) is 3.20. The average molecular weight is 759 g/mol. The van der Waals surface area contributed by atoms with E-state index >= 15 is 0 Å². The van der Waals surface area contributed by atoms with Gasteiger partial charge in [0.05, 0.1) is 26.4 Å². The van der Waals surface area contributed by atoms with Crippen molar-refractivity contribution in [3.63, 3.8) is 0 Å². The third kappa shape index (κ3) is 11.4. The Kier molecular flexibility index (Phi) is 16.7. The fourth-order valence-electron chi connectivity index (χ4n) is 7.48. The Balaban J connectivity index is 1.79. The van der Waals surface area contributed by atoms with Gasteiger partial charge in [0.1, 0.15) is 23.0 Å². The first-order chi connectivity index (χ1) is 27.5. The van der Waals surface area contributed by atoms with Gasteiger partial charge < -0.3 is 18.9 Å². The van der Waals surface area contributed by atoms with E-state index in [1.165, 1.54) is 11.1 Å². The molecule has 0 N–H and O–H groups in total. The Hall–Kier alpha value is -5.30. The van der Waals surface area contributed by atoms with E-state index in [1.54, 1.807) is 0 Å². The molecule has 0 heterocycles. The summed E-state index contributed by atoms with van der Waals surface area (Å²) in [5, 5.41) is 7.63. The summed E-state index contributed by atoms with van der Waals surface area (Å²) in [7, 11) is 0. The van der Waals surface area contributed by atoms with Crippen LogP contribution in [0.4, 0.5) is 0 Å². The second-order valence-corrected chi connectivity index (χ2v) is 14.5. The van der Waals surface area contributed by atoms with Crippen molar-refractivity contribution in [2.75, 3.05) is 39.5 Å². The number of aryl methyl sites for hydroxylation is 2. The number of para-hydroxylation sites is 2. The van der Waals surface area contributed by atoms with E-state index in [-0.39, 0.29) is 0 Å². The summed E-state index contributed by atoms with van der Waals surface area (Å²) in [5.74, 6) is 3.66. The van der Waals surface area contributed by atoms with Crippen LogP contribution in [-0.2, 0) is 38.5 Å². The molecule has 56 heavy (non-hydrogen) atoms. The molecule has 0 amide bonds. The van der Waals surface area contributed by atoms with Crippen LogP contribution in [-0.4, -0.2) is 39.5 Å². The maximum absolute atomic E-state index is 8.94. The lowest BCUT2D eigenvalue weighted by Gasteiger charge is -2.24. The molecule has 0 atom stereocenters. The van der Waals surface area contributed by atoms with Gasteiger partial charge in [-0.15, -0.1) is 0 Å². The minimum absolute atomic E-state index is 0.447. The lowest BCUT2D eigenvalue weighted by Crippen LogP contribution is -2.11. The monoisotopic (exact) mass is 758 g/mol. The van der Waals surface area contributed by atoms with E-state index in [4.69, 9.17) is 30.0 Å². The highest BCUT2D eigenvalue weighted by atomic mass is 16.5. The van der Waals surface area contributed by atoms with Gasteiger partial charge in [0.2, 0.25) is 0 Å². The van der Waals surface area contributed by atoms with Gasteiger partial charge in [0, 0.05) is 48.6 Å². The van der Waals surface area contributed by atoms with Crippen molar-refractivity contribution in [3.05, 3.63) is 137 Å².